The zero-order valence-electron chi connectivity index (χ0n) is 10.1. The lowest BCUT2D eigenvalue weighted by atomic mass is 10.2. The molecule has 0 aliphatic carbocycles. The van der Waals surface area contributed by atoms with Gasteiger partial charge in [0.15, 0.2) is 0 Å². The molecule has 0 fully saturated rings. The number of hydrogen-bond acceptors (Lipinski definition) is 4. The number of carbonyl (C=O) groups is 1. The van der Waals surface area contributed by atoms with Crippen molar-refractivity contribution in [1.29, 1.82) is 0 Å². The van der Waals surface area contributed by atoms with Crippen LogP contribution < -0.4 is 5.32 Å². The van der Waals surface area contributed by atoms with Gasteiger partial charge in [-0.25, -0.2) is 4.98 Å². The van der Waals surface area contributed by atoms with E-state index >= 15 is 0 Å². The predicted octanol–water partition coefficient (Wildman–Crippen LogP) is 2.18. The Morgan fingerprint density at radius 1 is 1.58 bits per heavy atom. The lowest BCUT2D eigenvalue weighted by Crippen LogP contribution is -2.25. The molecule has 100 valence electrons. The second-order valence-electron chi connectivity index (χ2n) is 3.67. The normalized spacial score (nSPS) is 9.68. The quantitative estimate of drug-likeness (QED) is 0.285. The van der Waals surface area contributed by atoms with Gasteiger partial charge in [0.1, 0.15) is 5.56 Å². The molecular formula is C12H12ClN3O3. The number of aromatic nitrogens is 1. The highest BCUT2D eigenvalue weighted by Crippen LogP contribution is 2.25. The van der Waals surface area contributed by atoms with Gasteiger partial charge >= 0.3 is 5.69 Å². The summed E-state index contributed by atoms with van der Waals surface area (Å²) in [7, 11) is 0. The molecule has 0 saturated heterocycles. The van der Waals surface area contributed by atoms with Gasteiger partial charge in [0.05, 0.1) is 4.92 Å². The zero-order chi connectivity index (χ0) is 14.3. The molecule has 0 spiro atoms. The van der Waals surface area contributed by atoms with Crippen LogP contribution in [0.3, 0.4) is 0 Å². The molecule has 0 atom stereocenters. The fourth-order valence-corrected chi connectivity index (χ4v) is 1.66. The number of halogens is 1. The number of hydrogen-bond donors (Lipinski definition) is 1. The average Bonchev–Trinajstić information content (AvgIpc) is 2.37. The molecule has 1 rings (SSSR count). The monoisotopic (exact) mass is 281 g/mol. The third-order valence-corrected chi connectivity index (χ3v) is 2.62. The predicted molar refractivity (Wildman–Crippen MR) is 70.9 cm³/mol. The molecule has 0 unspecified atom stereocenters. The van der Waals surface area contributed by atoms with E-state index in [1.807, 2.05) is 0 Å². The first kappa shape index (κ1) is 14.9. The maximum atomic E-state index is 11.8. The number of nitro groups is 1. The minimum Gasteiger partial charge on any atom is -0.352 e. The number of carbonyl (C=O) groups excluding carboxylic acids is 1. The van der Waals surface area contributed by atoms with E-state index < -0.39 is 16.5 Å². The van der Waals surface area contributed by atoms with Gasteiger partial charge in [0, 0.05) is 19.2 Å². The number of nitrogens with one attached hydrogen (secondary N) is 1. The lowest BCUT2D eigenvalue weighted by Gasteiger charge is -2.05. The summed E-state index contributed by atoms with van der Waals surface area (Å²) in [5.41, 5.74) is -0.577. The van der Waals surface area contributed by atoms with Gasteiger partial charge in [-0.15, -0.1) is 12.3 Å². The van der Waals surface area contributed by atoms with Crippen LogP contribution in [0, 0.1) is 22.5 Å². The summed E-state index contributed by atoms with van der Waals surface area (Å²) in [5.74, 6) is 1.95. The Morgan fingerprint density at radius 2 is 2.32 bits per heavy atom. The highest BCUT2D eigenvalue weighted by molar-refractivity contribution is 6.32. The van der Waals surface area contributed by atoms with Crippen LogP contribution in [-0.2, 0) is 0 Å². The van der Waals surface area contributed by atoms with E-state index in [1.165, 1.54) is 12.3 Å². The highest BCUT2D eigenvalue weighted by Gasteiger charge is 2.24. The first-order valence-corrected chi connectivity index (χ1v) is 5.96. The van der Waals surface area contributed by atoms with Gasteiger partial charge in [-0.05, 0) is 18.9 Å². The molecule has 1 heterocycles. The summed E-state index contributed by atoms with van der Waals surface area (Å²) in [4.78, 5) is 25.5. The Hall–Kier alpha value is -2.13. The molecule has 19 heavy (non-hydrogen) atoms. The first-order chi connectivity index (χ1) is 9.07. The summed E-state index contributed by atoms with van der Waals surface area (Å²) in [6.45, 7) is 0.400. The molecule has 0 radical (unpaired) electrons. The molecule has 1 amide bonds. The van der Waals surface area contributed by atoms with Gasteiger partial charge in [-0.2, -0.15) is 0 Å². The van der Waals surface area contributed by atoms with Gasteiger partial charge in [0.25, 0.3) is 5.91 Å². The van der Waals surface area contributed by atoms with E-state index in [0.29, 0.717) is 19.4 Å². The second kappa shape index (κ2) is 7.34. The lowest BCUT2D eigenvalue weighted by molar-refractivity contribution is -0.385. The van der Waals surface area contributed by atoms with Crippen molar-refractivity contribution in [3.8, 4) is 12.3 Å². The smallest absolute Gasteiger partial charge is 0.319 e. The Balaban J connectivity index is 2.70. The Bertz CT molecular complexity index is 525. The van der Waals surface area contributed by atoms with E-state index in [-0.39, 0.29) is 10.7 Å². The van der Waals surface area contributed by atoms with Crippen LogP contribution in [0.25, 0.3) is 0 Å². The van der Waals surface area contributed by atoms with Crippen molar-refractivity contribution in [3.63, 3.8) is 0 Å². The van der Waals surface area contributed by atoms with Gasteiger partial charge < -0.3 is 5.32 Å². The van der Waals surface area contributed by atoms with E-state index in [2.05, 4.69) is 16.2 Å². The molecule has 0 aliphatic rings. The summed E-state index contributed by atoms with van der Waals surface area (Å²) < 4.78 is 0. The maximum Gasteiger partial charge on any atom is 0.319 e. The molecule has 0 saturated carbocycles. The molecule has 1 aromatic rings. The minimum atomic E-state index is -0.720. The zero-order valence-corrected chi connectivity index (χ0v) is 10.8. The topological polar surface area (TPSA) is 85.1 Å². The fraction of sp³-hybridized carbons (Fsp3) is 0.333. The number of pyridine rings is 1. The van der Waals surface area contributed by atoms with E-state index in [1.54, 1.807) is 0 Å². The van der Waals surface area contributed by atoms with Crippen molar-refractivity contribution in [3.05, 3.63) is 33.1 Å². The van der Waals surface area contributed by atoms with Crippen LogP contribution in [0.4, 0.5) is 5.69 Å². The Labute approximate surface area is 115 Å². The van der Waals surface area contributed by atoms with Crippen LogP contribution in [0.2, 0.25) is 5.15 Å². The van der Waals surface area contributed by atoms with Crippen LogP contribution >= 0.6 is 11.6 Å². The second-order valence-corrected chi connectivity index (χ2v) is 4.03. The van der Waals surface area contributed by atoms with Gasteiger partial charge in [-0.3, -0.25) is 14.9 Å². The molecule has 1 aromatic heterocycles. The highest BCUT2D eigenvalue weighted by atomic mass is 35.5. The molecule has 1 N–H and O–H groups in total. The van der Waals surface area contributed by atoms with E-state index in [0.717, 1.165) is 6.42 Å². The van der Waals surface area contributed by atoms with Gasteiger partial charge in [-0.1, -0.05) is 11.6 Å². The fourth-order valence-electron chi connectivity index (χ4n) is 1.43. The van der Waals surface area contributed by atoms with Crippen LogP contribution in [0.15, 0.2) is 12.3 Å². The summed E-state index contributed by atoms with van der Waals surface area (Å²) in [6, 6.07) is 1.26. The number of amides is 1. The largest absolute Gasteiger partial charge is 0.352 e. The van der Waals surface area contributed by atoms with Crippen molar-refractivity contribution in [2.45, 2.75) is 19.3 Å². The third kappa shape index (κ3) is 4.23. The van der Waals surface area contributed by atoms with Crippen molar-refractivity contribution in [2.24, 2.45) is 0 Å². The Morgan fingerprint density at radius 3 is 2.95 bits per heavy atom. The molecule has 0 aliphatic heterocycles. The first-order valence-electron chi connectivity index (χ1n) is 5.58. The average molecular weight is 282 g/mol. The number of unbranched alkanes of at least 4 members (excludes halogenated alkanes) is 2. The number of rotatable bonds is 6. The molecular weight excluding hydrogens is 270 g/mol. The minimum absolute atomic E-state index is 0.0954. The Kier molecular flexibility index (Phi) is 5.76. The molecule has 0 bridgehead atoms. The van der Waals surface area contributed by atoms with Crippen LogP contribution in [0.1, 0.15) is 29.6 Å². The number of terminal acetylenes is 1. The maximum absolute atomic E-state index is 11.8. The molecule has 6 nitrogen and oxygen atoms in total. The third-order valence-electron chi connectivity index (χ3n) is 2.34. The van der Waals surface area contributed by atoms with Crippen molar-refractivity contribution in [2.75, 3.05) is 6.54 Å². The van der Waals surface area contributed by atoms with E-state index in [9.17, 15) is 14.9 Å². The van der Waals surface area contributed by atoms with Crippen molar-refractivity contribution < 1.29 is 9.72 Å². The van der Waals surface area contributed by atoms with E-state index in [4.69, 9.17) is 18.0 Å². The van der Waals surface area contributed by atoms with Crippen LogP contribution in [0.5, 0.6) is 0 Å². The van der Waals surface area contributed by atoms with Gasteiger partial charge in [0.2, 0.25) is 5.15 Å². The van der Waals surface area contributed by atoms with Crippen molar-refractivity contribution >= 4 is 23.2 Å². The molecule has 7 heteroatoms. The summed E-state index contributed by atoms with van der Waals surface area (Å²) in [6.07, 6.45) is 8.48. The van der Waals surface area contributed by atoms with Crippen molar-refractivity contribution in [1.82, 2.24) is 10.3 Å². The summed E-state index contributed by atoms with van der Waals surface area (Å²) >= 11 is 5.62. The number of nitrogens with zero attached hydrogens (tertiary/aromatic N) is 2. The molecule has 0 aromatic carbocycles. The standard InChI is InChI=1S/C12H12ClN3O3/c1-2-3-4-5-7-15-12(17)9-6-8-14-11(13)10(9)16(18)19/h1,6,8H,3-5,7H2,(H,15,17). The van der Waals surface area contributed by atoms with Crippen LogP contribution in [-0.4, -0.2) is 22.4 Å². The SMILES string of the molecule is C#CCCCCNC(=O)c1ccnc(Cl)c1[N+](=O)[O-]. The summed E-state index contributed by atoms with van der Waals surface area (Å²) in [5, 5.41) is 13.1.